The molecule has 1 atom stereocenters. The van der Waals surface area contributed by atoms with Crippen molar-refractivity contribution >= 4 is 34.2 Å². The highest BCUT2D eigenvalue weighted by molar-refractivity contribution is 6.33. The number of rotatable bonds is 4. The zero-order valence-corrected chi connectivity index (χ0v) is 14.2. The Morgan fingerprint density at radius 3 is 2.77 bits per heavy atom. The van der Waals surface area contributed by atoms with Crippen molar-refractivity contribution in [3.63, 3.8) is 0 Å². The van der Waals surface area contributed by atoms with Crippen LogP contribution in [-0.2, 0) is 4.74 Å². The molecule has 3 rings (SSSR count). The summed E-state index contributed by atoms with van der Waals surface area (Å²) in [6.07, 6.45) is -0.893. The maximum absolute atomic E-state index is 12.3. The van der Waals surface area contributed by atoms with E-state index in [1.165, 1.54) is 19.1 Å². The molecule has 0 radical (unpaired) electrons. The fourth-order valence-corrected chi connectivity index (χ4v) is 2.55. The van der Waals surface area contributed by atoms with Gasteiger partial charge in [0.2, 0.25) is 0 Å². The summed E-state index contributed by atoms with van der Waals surface area (Å²) < 4.78 is 5.26. The molecular formula is C17H12ClN3O5. The van der Waals surface area contributed by atoms with Crippen LogP contribution in [0.1, 0.15) is 29.2 Å². The molecule has 1 heterocycles. The van der Waals surface area contributed by atoms with Crippen LogP contribution in [0.15, 0.2) is 47.3 Å². The number of benzene rings is 2. The molecule has 0 saturated heterocycles. The van der Waals surface area contributed by atoms with Crippen LogP contribution < -0.4 is 5.56 Å². The number of hydrogen-bond acceptors (Lipinski definition) is 6. The van der Waals surface area contributed by atoms with Crippen LogP contribution in [-0.4, -0.2) is 20.9 Å². The highest BCUT2D eigenvalue weighted by Gasteiger charge is 2.21. The Hall–Kier alpha value is -3.26. The van der Waals surface area contributed by atoms with Gasteiger partial charge in [-0.05, 0) is 25.1 Å². The van der Waals surface area contributed by atoms with E-state index in [-0.39, 0.29) is 27.7 Å². The number of halogens is 1. The molecule has 0 spiro atoms. The molecule has 3 aromatic rings. The number of fused-ring (bicyclic) bond motifs is 1. The predicted octanol–water partition coefficient (Wildman–Crippen LogP) is 3.40. The molecule has 0 fully saturated rings. The molecule has 8 nitrogen and oxygen atoms in total. The average molecular weight is 374 g/mol. The Balaban J connectivity index is 1.89. The maximum atomic E-state index is 12.3. The van der Waals surface area contributed by atoms with Crippen molar-refractivity contribution in [2.45, 2.75) is 13.0 Å². The Kier molecular flexibility index (Phi) is 4.68. The Morgan fingerprint density at radius 2 is 2.04 bits per heavy atom. The van der Waals surface area contributed by atoms with Gasteiger partial charge in [-0.3, -0.25) is 14.9 Å². The van der Waals surface area contributed by atoms with E-state index >= 15 is 0 Å². The number of carbonyl (C=O) groups is 1. The fraction of sp³-hybridized carbons (Fsp3) is 0.118. The van der Waals surface area contributed by atoms with E-state index in [1.54, 1.807) is 24.3 Å². The zero-order chi connectivity index (χ0) is 18.8. The molecule has 2 aromatic carbocycles. The van der Waals surface area contributed by atoms with Crippen molar-refractivity contribution in [1.82, 2.24) is 9.97 Å². The maximum Gasteiger partial charge on any atom is 0.340 e. The fourth-order valence-electron chi connectivity index (χ4n) is 2.36. The number of nitrogens with one attached hydrogen (secondary N) is 1. The molecule has 26 heavy (non-hydrogen) atoms. The smallest absolute Gasteiger partial charge is 0.340 e. The van der Waals surface area contributed by atoms with Crippen molar-refractivity contribution in [3.8, 4) is 0 Å². The number of H-pyrrole nitrogens is 1. The number of nitro benzene ring substituents is 1. The van der Waals surface area contributed by atoms with E-state index < -0.39 is 17.0 Å². The monoisotopic (exact) mass is 373 g/mol. The lowest BCUT2D eigenvalue weighted by Crippen LogP contribution is -2.17. The van der Waals surface area contributed by atoms with Gasteiger partial charge in [-0.15, -0.1) is 0 Å². The molecule has 9 heteroatoms. The number of non-ortho nitro benzene ring substituents is 1. The summed E-state index contributed by atoms with van der Waals surface area (Å²) >= 11 is 5.93. The van der Waals surface area contributed by atoms with E-state index in [9.17, 15) is 19.7 Å². The third-order valence-corrected chi connectivity index (χ3v) is 4.01. The zero-order valence-electron chi connectivity index (χ0n) is 13.4. The summed E-state index contributed by atoms with van der Waals surface area (Å²) in [7, 11) is 0. The van der Waals surface area contributed by atoms with Gasteiger partial charge in [-0.1, -0.05) is 23.7 Å². The number of esters is 1. The largest absolute Gasteiger partial charge is 0.451 e. The van der Waals surface area contributed by atoms with Crippen molar-refractivity contribution in [1.29, 1.82) is 0 Å². The van der Waals surface area contributed by atoms with Gasteiger partial charge in [0.1, 0.15) is 0 Å². The van der Waals surface area contributed by atoms with Gasteiger partial charge >= 0.3 is 5.97 Å². The van der Waals surface area contributed by atoms with E-state index in [0.717, 1.165) is 6.07 Å². The molecule has 0 aliphatic carbocycles. The molecular weight excluding hydrogens is 362 g/mol. The van der Waals surface area contributed by atoms with E-state index in [1.807, 2.05) is 0 Å². The molecule has 1 aromatic heterocycles. The number of hydrogen-bond donors (Lipinski definition) is 1. The van der Waals surface area contributed by atoms with E-state index in [0.29, 0.717) is 10.9 Å². The first kappa shape index (κ1) is 17.6. The average Bonchev–Trinajstić information content (AvgIpc) is 2.61. The number of ether oxygens (including phenoxy) is 1. The quantitative estimate of drug-likeness (QED) is 0.425. The van der Waals surface area contributed by atoms with Gasteiger partial charge in [0, 0.05) is 12.1 Å². The summed E-state index contributed by atoms with van der Waals surface area (Å²) in [5.74, 6) is -0.703. The lowest BCUT2D eigenvalue weighted by atomic mass is 10.2. The van der Waals surface area contributed by atoms with Crippen LogP contribution in [0.2, 0.25) is 5.02 Å². The standard InChI is InChI=1S/C17H12ClN3O5/c1-9(15-19-14-5-3-2-4-11(14)16(22)20-15)26-17(23)12-8-10(21(24)25)6-7-13(12)18/h2-9H,1H3,(H,19,20,22)/t9-/m1/s1. The number of nitrogens with zero attached hydrogens (tertiary/aromatic N) is 2. The highest BCUT2D eigenvalue weighted by atomic mass is 35.5. The third-order valence-electron chi connectivity index (χ3n) is 3.68. The number of aromatic amines is 1. The van der Waals surface area contributed by atoms with Crippen LogP contribution in [0.3, 0.4) is 0 Å². The van der Waals surface area contributed by atoms with Gasteiger partial charge < -0.3 is 9.72 Å². The van der Waals surface area contributed by atoms with Gasteiger partial charge in [0.25, 0.3) is 11.2 Å². The number of nitro groups is 1. The van der Waals surface area contributed by atoms with Crippen LogP contribution in [0.25, 0.3) is 10.9 Å². The van der Waals surface area contributed by atoms with Crippen molar-refractivity contribution in [2.24, 2.45) is 0 Å². The molecule has 1 N–H and O–H groups in total. The summed E-state index contributed by atoms with van der Waals surface area (Å²) in [5.41, 5.74) is -0.327. The van der Waals surface area contributed by atoms with Crippen LogP contribution >= 0.6 is 11.6 Å². The third kappa shape index (κ3) is 3.40. The molecule has 0 bridgehead atoms. The van der Waals surface area contributed by atoms with Gasteiger partial charge in [-0.25, -0.2) is 9.78 Å². The second-order valence-corrected chi connectivity index (χ2v) is 5.84. The minimum absolute atomic E-state index is 0.0211. The van der Waals surface area contributed by atoms with Gasteiger partial charge in [0.15, 0.2) is 11.9 Å². The van der Waals surface area contributed by atoms with E-state index in [2.05, 4.69) is 9.97 Å². The summed E-state index contributed by atoms with van der Waals surface area (Å²) in [6.45, 7) is 1.52. The first-order valence-corrected chi connectivity index (χ1v) is 7.88. The Bertz CT molecular complexity index is 1080. The summed E-state index contributed by atoms with van der Waals surface area (Å²) in [5, 5.41) is 11.3. The molecule has 132 valence electrons. The molecule has 0 aliphatic rings. The van der Waals surface area contributed by atoms with Crippen molar-refractivity contribution in [3.05, 3.63) is 79.3 Å². The van der Waals surface area contributed by atoms with Crippen molar-refractivity contribution < 1.29 is 14.5 Å². The predicted molar refractivity (Wildman–Crippen MR) is 94.3 cm³/mol. The van der Waals surface area contributed by atoms with Gasteiger partial charge in [-0.2, -0.15) is 0 Å². The first-order valence-electron chi connectivity index (χ1n) is 7.50. The number of para-hydroxylation sites is 1. The minimum atomic E-state index is -0.893. The highest BCUT2D eigenvalue weighted by Crippen LogP contribution is 2.25. The number of aromatic nitrogens is 2. The van der Waals surface area contributed by atoms with Gasteiger partial charge in [0.05, 0.1) is 26.4 Å². The topological polar surface area (TPSA) is 115 Å². The lowest BCUT2D eigenvalue weighted by Gasteiger charge is -2.13. The van der Waals surface area contributed by atoms with Crippen LogP contribution in [0, 0.1) is 10.1 Å². The lowest BCUT2D eigenvalue weighted by molar-refractivity contribution is -0.384. The summed E-state index contributed by atoms with van der Waals surface area (Å²) in [4.78, 5) is 41.5. The molecule has 0 saturated carbocycles. The van der Waals surface area contributed by atoms with E-state index in [4.69, 9.17) is 16.3 Å². The second kappa shape index (κ2) is 6.93. The van der Waals surface area contributed by atoms with Crippen molar-refractivity contribution in [2.75, 3.05) is 0 Å². The molecule has 0 amide bonds. The first-order chi connectivity index (χ1) is 12.4. The Morgan fingerprint density at radius 1 is 1.31 bits per heavy atom. The SMILES string of the molecule is C[C@@H](OC(=O)c1cc([N+](=O)[O-])ccc1Cl)c1nc2ccccc2c(=O)[nH]1. The normalized spacial score (nSPS) is 11.9. The molecule has 0 unspecified atom stereocenters. The Labute approximate surface area is 151 Å². The van der Waals surface area contributed by atoms with Crippen LogP contribution in [0.5, 0.6) is 0 Å². The summed E-state index contributed by atoms with van der Waals surface area (Å²) in [6, 6.07) is 10.2. The minimum Gasteiger partial charge on any atom is -0.451 e. The van der Waals surface area contributed by atoms with Crippen LogP contribution in [0.4, 0.5) is 5.69 Å². The molecule has 0 aliphatic heterocycles. The number of carbonyl (C=O) groups excluding carboxylic acids is 1. The second-order valence-electron chi connectivity index (χ2n) is 5.44.